The predicted molar refractivity (Wildman–Crippen MR) is 94.0 cm³/mol. The van der Waals surface area contributed by atoms with E-state index in [1.165, 1.54) is 0 Å². The molecule has 2 heterocycles. The third-order valence-corrected chi connectivity index (χ3v) is 4.17. The largest absolute Gasteiger partial charge is 0.485 e. The van der Waals surface area contributed by atoms with Crippen LogP contribution in [0, 0.1) is 0 Å². The molecule has 2 N–H and O–H groups in total. The Morgan fingerprint density at radius 1 is 1.20 bits per heavy atom. The van der Waals surface area contributed by atoms with Crippen LogP contribution in [0.2, 0.25) is 5.02 Å². The lowest BCUT2D eigenvalue weighted by molar-refractivity contribution is -0.125. The molecule has 0 bridgehead atoms. The van der Waals surface area contributed by atoms with E-state index in [4.69, 9.17) is 21.1 Å². The van der Waals surface area contributed by atoms with Crippen LogP contribution < -0.4 is 14.8 Å². The van der Waals surface area contributed by atoms with Crippen molar-refractivity contribution in [3.63, 3.8) is 0 Å². The number of carbonyl (C=O) groups is 1. The number of aromatic nitrogens is 2. The van der Waals surface area contributed by atoms with E-state index in [0.717, 1.165) is 11.1 Å². The van der Waals surface area contributed by atoms with Gasteiger partial charge in [0.2, 0.25) is 6.10 Å². The van der Waals surface area contributed by atoms with Crippen LogP contribution in [0.1, 0.15) is 0 Å². The quantitative estimate of drug-likeness (QED) is 0.753. The van der Waals surface area contributed by atoms with Gasteiger partial charge >= 0.3 is 0 Å². The molecule has 1 unspecified atom stereocenters. The van der Waals surface area contributed by atoms with Gasteiger partial charge in [0, 0.05) is 11.8 Å². The number of anilines is 1. The van der Waals surface area contributed by atoms with Crippen LogP contribution in [0.15, 0.2) is 54.9 Å². The number of hydrogen-bond donors (Lipinski definition) is 2. The molecule has 1 aromatic heterocycles. The van der Waals surface area contributed by atoms with Gasteiger partial charge in [-0.2, -0.15) is 5.10 Å². The number of para-hydroxylation sites is 2. The first-order valence-corrected chi connectivity index (χ1v) is 8.06. The van der Waals surface area contributed by atoms with Crippen molar-refractivity contribution < 1.29 is 14.3 Å². The average molecular weight is 356 g/mol. The molecule has 1 aliphatic heterocycles. The molecule has 0 saturated carbocycles. The molecule has 3 aromatic rings. The Bertz CT molecular complexity index is 912. The Balaban J connectivity index is 1.48. The van der Waals surface area contributed by atoms with Gasteiger partial charge in [-0.1, -0.05) is 29.8 Å². The van der Waals surface area contributed by atoms with E-state index in [2.05, 4.69) is 15.5 Å². The second-order valence-corrected chi connectivity index (χ2v) is 5.94. The fourth-order valence-electron chi connectivity index (χ4n) is 2.57. The van der Waals surface area contributed by atoms with Gasteiger partial charge in [0.05, 0.1) is 16.9 Å². The molecule has 1 aliphatic rings. The summed E-state index contributed by atoms with van der Waals surface area (Å²) in [6, 6.07) is 12.6. The minimum absolute atomic E-state index is 0.146. The minimum atomic E-state index is -0.737. The summed E-state index contributed by atoms with van der Waals surface area (Å²) in [6.45, 7) is 0.146. The smallest absolute Gasteiger partial charge is 0.269 e. The van der Waals surface area contributed by atoms with Crippen molar-refractivity contribution >= 4 is 23.2 Å². The molecule has 7 heteroatoms. The maximum atomic E-state index is 12.5. The van der Waals surface area contributed by atoms with Crippen LogP contribution in [-0.4, -0.2) is 28.8 Å². The molecule has 0 aliphatic carbocycles. The normalized spacial score (nSPS) is 15.6. The molecule has 6 nitrogen and oxygen atoms in total. The average Bonchev–Trinajstić information content (AvgIpc) is 3.17. The number of halogens is 1. The maximum absolute atomic E-state index is 12.5. The molecule has 1 amide bonds. The fraction of sp³-hybridized carbons (Fsp3) is 0.111. The second kappa shape index (κ2) is 6.49. The number of nitrogens with one attached hydrogen (secondary N) is 2. The number of amides is 1. The van der Waals surface area contributed by atoms with Crippen LogP contribution >= 0.6 is 11.6 Å². The summed E-state index contributed by atoms with van der Waals surface area (Å²) in [5, 5.41) is 9.88. The number of carbonyl (C=O) groups excluding carboxylic acids is 1. The van der Waals surface area contributed by atoms with Crippen molar-refractivity contribution in [2.75, 3.05) is 11.9 Å². The maximum Gasteiger partial charge on any atom is 0.269 e. The van der Waals surface area contributed by atoms with Crippen molar-refractivity contribution in [2.24, 2.45) is 0 Å². The Kier molecular flexibility index (Phi) is 4.03. The lowest BCUT2D eigenvalue weighted by Gasteiger charge is -2.25. The van der Waals surface area contributed by atoms with E-state index in [1.54, 1.807) is 36.7 Å². The van der Waals surface area contributed by atoms with Crippen LogP contribution in [0.25, 0.3) is 11.1 Å². The number of aromatic amines is 1. The van der Waals surface area contributed by atoms with E-state index in [1.807, 2.05) is 18.2 Å². The van der Waals surface area contributed by atoms with Gasteiger partial charge in [-0.05, 0) is 29.8 Å². The van der Waals surface area contributed by atoms with E-state index < -0.39 is 6.10 Å². The molecule has 0 saturated heterocycles. The summed E-state index contributed by atoms with van der Waals surface area (Å²) in [5.74, 6) is 0.872. The van der Waals surface area contributed by atoms with Gasteiger partial charge in [-0.3, -0.25) is 9.89 Å². The molecule has 0 radical (unpaired) electrons. The summed E-state index contributed by atoms with van der Waals surface area (Å²) in [4.78, 5) is 12.5. The van der Waals surface area contributed by atoms with Crippen LogP contribution in [0.5, 0.6) is 11.5 Å². The summed E-state index contributed by atoms with van der Waals surface area (Å²) in [5.41, 5.74) is 2.34. The molecular formula is C18H14ClN3O3. The van der Waals surface area contributed by atoms with Crippen LogP contribution in [0.3, 0.4) is 0 Å². The summed E-state index contributed by atoms with van der Waals surface area (Å²) in [7, 11) is 0. The van der Waals surface area contributed by atoms with E-state index in [-0.39, 0.29) is 12.5 Å². The summed E-state index contributed by atoms with van der Waals surface area (Å²) >= 11 is 6.29. The fourth-order valence-corrected chi connectivity index (χ4v) is 2.79. The standard InChI is InChI=1S/C18H14ClN3O3/c19-13-7-11(12-8-20-21-9-12)5-6-14(13)22-18(23)17-10-24-15-3-1-2-4-16(15)25-17/h1-9,17H,10H2,(H,20,21)(H,22,23). The Morgan fingerprint density at radius 2 is 2.04 bits per heavy atom. The topological polar surface area (TPSA) is 76.2 Å². The third kappa shape index (κ3) is 3.16. The first kappa shape index (κ1) is 15.5. The molecule has 25 heavy (non-hydrogen) atoms. The number of benzene rings is 2. The SMILES string of the molecule is O=C(Nc1ccc(-c2cn[nH]c2)cc1Cl)C1COc2ccccc2O1. The molecule has 4 rings (SSSR count). The monoisotopic (exact) mass is 355 g/mol. The Hall–Kier alpha value is -2.99. The van der Waals surface area contributed by atoms with Crippen LogP contribution in [0.4, 0.5) is 5.69 Å². The number of hydrogen-bond acceptors (Lipinski definition) is 4. The van der Waals surface area contributed by atoms with Crippen molar-refractivity contribution in [1.82, 2.24) is 10.2 Å². The number of rotatable bonds is 3. The molecule has 1 atom stereocenters. The number of H-pyrrole nitrogens is 1. The van der Waals surface area contributed by atoms with Gasteiger partial charge < -0.3 is 14.8 Å². The zero-order valence-corrected chi connectivity index (χ0v) is 13.8. The molecular weight excluding hydrogens is 342 g/mol. The summed E-state index contributed by atoms with van der Waals surface area (Å²) in [6.07, 6.45) is 2.74. The van der Waals surface area contributed by atoms with Gasteiger partial charge in [-0.15, -0.1) is 0 Å². The van der Waals surface area contributed by atoms with Gasteiger partial charge in [0.25, 0.3) is 5.91 Å². The molecule has 0 fully saturated rings. The van der Waals surface area contributed by atoms with Gasteiger partial charge in [0.1, 0.15) is 6.61 Å². The van der Waals surface area contributed by atoms with Crippen LogP contribution in [-0.2, 0) is 4.79 Å². The van der Waals surface area contributed by atoms with Crippen molar-refractivity contribution in [1.29, 1.82) is 0 Å². The van der Waals surface area contributed by atoms with E-state index in [9.17, 15) is 4.79 Å². The molecule has 0 spiro atoms. The lowest BCUT2D eigenvalue weighted by atomic mass is 10.1. The highest BCUT2D eigenvalue weighted by Crippen LogP contribution is 2.32. The first-order chi connectivity index (χ1) is 12.2. The third-order valence-electron chi connectivity index (χ3n) is 3.86. The van der Waals surface area contributed by atoms with Gasteiger partial charge in [-0.25, -0.2) is 0 Å². The minimum Gasteiger partial charge on any atom is -0.485 e. The van der Waals surface area contributed by atoms with Gasteiger partial charge in [0.15, 0.2) is 11.5 Å². The highest BCUT2D eigenvalue weighted by atomic mass is 35.5. The summed E-state index contributed by atoms with van der Waals surface area (Å²) < 4.78 is 11.3. The van der Waals surface area contributed by atoms with Crippen molar-refractivity contribution in [2.45, 2.75) is 6.10 Å². The zero-order valence-electron chi connectivity index (χ0n) is 13.0. The predicted octanol–water partition coefficient (Wildman–Crippen LogP) is 3.51. The van der Waals surface area contributed by atoms with E-state index in [0.29, 0.717) is 22.2 Å². The zero-order chi connectivity index (χ0) is 17.2. The Labute approximate surface area is 148 Å². The first-order valence-electron chi connectivity index (χ1n) is 7.69. The van der Waals surface area contributed by atoms with Crippen molar-refractivity contribution in [3.05, 3.63) is 59.9 Å². The number of fused-ring (bicyclic) bond motifs is 1. The highest BCUT2D eigenvalue weighted by Gasteiger charge is 2.27. The molecule has 126 valence electrons. The highest BCUT2D eigenvalue weighted by molar-refractivity contribution is 6.34. The lowest BCUT2D eigenvalue weighted by Crippen LogP contribution is -2.40. The number of ether oxygens (including phenoxy) is 2. The van der Waals surface area contributed by atoms with Crippen molar-refractivity contribution in [3.8, 4) is 22.6 Å². The molecule has 2 aromatic carbocycles. The number of nitrogens with zero attached hydrogens (tertiary/aromatic N) is 1. The van der Waals surface area contributed by atoms with E-state index >= 15 is 0 Å². The second-order valence-electron chi connectivity index (χ2n) is 5.54. The Morgan fingerprint density at radius 3 is 2.80 bits per heavy atom.